The van der Waals surface area contributed by atoms with Crippen LogP contribution in [0.4, 0.5) is 5.69 Å². The first-order valence-electron chi connectivity index (χ1n) is 6.95. The lowest BCUT2D eigenvalue weighted by Gasteiger charge is -2.05. The number of hydrogen-bond donors (Lipinski definition) is 3. The summed E-state index contributed by atoms with van der Waals surface area (Å²) in [5, 5.41) is 17.9. The zero-order valence-electron chi connectivity index (χ0n) is 12.3. The molecule has 1 unspecified atom stereocenters. The minimum absolute atomic E-state index is 0.472. The van der Waals surface area contributed by atoms with Crippen LogP contribution in [0.25, 0.3) is 12.2 Å². The normalized spacial score (nSPS) is 12.2. The number of carboxylic acids is 2. The maximum Gasteiger partial charge on any atom is 0.374 e. The van der Waals surface area contributed by atoms with E-state index in [0.29, 0.717) is 5.69 Å². The van der Waals surface area contributed by atoms with Crippen LogP contribution < -0.4 is 10.3 Å². The largest absolute Gasteiger partial charge is 0.481 e. The van der Waals surface area contributed by atoms with Crippen LogP contribution in [0, 0.1) is 0 Å². The van der Waals surface area contributed by atoms with Crippen LogP contribution in [-0.2, 0) is 9.59 Å². The van der Waals surface area contributed by atoms with Crippen LogP contribution >= 0.6 is 0 Å². The highest BCUT2D eigenvalue weighted by atomic mass is 16.4. The number of nitrogens with two attached hydrogens (primary N) is 1. The highest BCUT2D eigenvalue weighted by molar-refractivity contribution is 5.77. The molecule has 0 spiro atoms. The topological polar surface area (TPSA) is 105 Å². The highest BCUT2D eigenvalue weighted by Crippen LogP contribution is 2.10. The van der Waals surface area contributed by atoms with Gasteiger partial charge in [0.2, 0.25) is 0 Å². The standard InChI is InChI=1S/C17H16N2O4/c18-14-5-3-12(4-6-14)1-2-13-7-9-19(10-8-13)15(17(22)23)11-16(20)21/h1-10,15,18H,11H2,(H2,20,21,22,23)/p+1. The van der Waals surface area contributed by atoms with Gasteiger partial charge in [0.05, 0.1) is 0 Å². The van der Waals surface area contributed by atoms with Crippen molar-refractivity contribution in [1.82, 2.24) is 0 Å². The maximum absolute atomic E-state index is 11.2. The van der Waals surface area contributed by atoms with E-state index in [4.69, 9.17) is 15.9 Å². The van der Waals surface area contributed by atoms with Crippen molar-refractivity contribution in [3.05, 3.63) is 59.9 Å². The Morgan fingerprint density at radius 3 is 2.00 bits per heavy atom. The molecule has 0 bridgehead atoms. The van der Waals surface area contributed by atoms with E-state index >= 15 is 0 Å². The molecule has 0 radical (unpaired) electrons. The van der Waals surface area contributed by atoms with Crippen molar-refractivity contribution in [2.75, 3.05) is 5.73 Å². The Morgan fingerprint density at radius 2 is 1.52 bits per heavy atom. The summed E-state index contributed by atoms with van der Waals surface area (Å²) in [4.78, 5) is 21.9. The molecule has 0 aliphatic carbocycles. The number of carboxylic acid groups (broad SMARTS) is 2. The van der Waals surface area contributed by atoms with Crippen molar-refractivity contribution in [3.63, 3.8) is 0 Å². The van der Waals surface area contributed by atoms with Crippen LogP contribution in [0.3, 0.4) is 0 Å². The fourth-order valence-corrected chi connectivity index (χ4v) is 2.05. The van der Waals surface area contributed by atoms with Crippen molar-refractivity contribution < 1.29 is 24.4 Å². The Balaban J connectivity index is 2.13. The first-order valence-corrected chi connectivity index (χ1v) is 6.95. The molecular weight excluding hydrogens is 296 g/mol. The Morgan fingerprint density at radius 1 is 1.00 bits per heavy atom. The van der Waals surface area contributed by atoms with Gasteiger partial charge in [0, 0.05) is 17.8 Å². The van der Waals surface area contributed by atoms with Crippen LogP contribution in [0.1, 0.15) is 23.6 Å². The van der Waals surface area contributed by atoms with Gasteiger partial charge in [-0.3, -0.25) is 4.79 Å². The summed E-state index contributed by atoms with van der Waals surface area (Å²) in [5.74, 6) is -2.33. The maximum atomic E-state index is 11.2. The molecule has 0 saturated heterocycles. The van der Waals surface area contributed by atoms with Gasteiger partial charge in [-0.05, 0) is 23.3 Å². The van der Waals surface area contributed by atoms with E-state index in [1.807, 2.05) is 36.4 Å². The highest BCUT2D eigenvalue weighted by Gasteiger charge is 2.29. The van der Waals surface area contributed by atoms with E-state index < -0.39 is 24.4 Å². The third-order valence-electron chi connectivity index (χ3n) is 3.30. The molecule has 6 heteroatoms. The summed E-state index contributed by atoms with van der Waals surface area (Å²) in [6, 6.07) is 9.73. The predicted molar refractivity (Wildman–Crippen MR) is 85.3 cm³/mol. The van der Waals surface area contributed by atoms with Gasteiger partial charge in [-0.15, -0.1) is 0 Å². The lowest BCUT2D eigenvalue weighted by Crippen LogP contribution is -2.44. The van der Waals surface area contributed by atoms with Gasteiger partial charge < -0.3 is 15.9 Å². The van der Waals surface area contributed by atoms with Gasteiger partial charge in [-0.2, -0.15) is 4.57 Å². The summed E-state index contributed by atoms with van der Waals surface area (Å²) >= 11 is 0. The van der Waals surface area contributed by atoms with E-state index in [0.717, 1.165) is 11.1 Å². The van der Waals surface area contributed by atoms with E-state index in [2.05, 4.69) is 0 Å². The third kappa shape index (κ3) is 4.67. The summed E-state index contributed by atoms with van der Waals surface area (Å²) in [6.45, 7) is 0. The molecule has 4 N–H and O–H groups in total. The van der Waals surface area contributed by atoms with Crippen molar-refractivity contribution in [3.8, 4) is 0 Å². The molecule has 2 aromatic rings. The molecule has 0 fully saturated rings. The summed E-state index contributed by atoms with van der Waals surface area (Å²) in [5.41, 5.74) is 8.18. The van der Waals surface area contributed by atoms with Gasteiger partial charge in [0.15, 0.2) is 12.4 Å². The number of benzene rings is 1. The second kappa shape index (κ2) is 7.22. The molecule has 1 atom stereocenters. The predicted octanol–water partition coefficient (Wildman–Crippen LogP) is 1.83. The molecule has 0 saturated carbocycles. The average Bonchev–Trinajstić information content (AvgIpc) is 2.52. The van der Waals surface area contributed by atoms with E-state index in [1.165, 1.54) is 4.57 Å². The minimum Gasteiger partial charge on any atom is -0.481 e. The molecule has 1 aromatic carbocycles. The number of nitrogen functional groups attached to an aromatic ring is 1. The number of aliphatic carboxylic acids is 2. The van der Waals surface area contributed by atoms with Crippen LogP contribution in [0.15, 0.2) is 48.8 Å². The quantitative estimate of drug-likeness (QED) is 0.557. The second-order valence-electron chi connectivity index (χ2n) is 5.03. The molecule has 0 aliphatic heterocycles. The van der Waals surface area contributed by atoms with E-state index in [1.54, 1.807) is 24.5 Å². The Bertz CT molecular complexity index is 721. The lowest BCUT2D eigenvalue weighted by molar-refractivity contribution is -0.710. The Hall–Kier alpha value is -3.15. The molecular formula is C17H17N2O4+. The first kappa shape index (κ1) is 16.2. The molecule has 118 valence electrons. The zero-order valence-corrected chi connectivity index (χ0v) is 12.3. The fourth-order valence-electron chi connectivity index (χ4n) is 2.05. The van der Waals surface area contributed by atoms with Crippen LogP contribution in [0.2, 0.25) is 0 Å². The average molecular weight is 313 g/mol. The number of carbonyl (C=O) groups is 2. The molecule has 23 heavy (non-hydrogen) atoms. The first-order chi connectivity index (χ1) is 11.0. The van der Waals surface area contributed by atoms with Gasteiger partial charge in [0.25, 0.3) is 6.04 Å². The van der Waals surface area contributed by atoms with Crippen molar-refractivity contribution >= 4 is 29.8 Å². The van der Waals surface area contributed by atoms with Crippen LogP contribution in [-0.4, -0.2) is 22.2 Å². The molecule has 2 rings (SSSR count). The van der Waals surface area contributed by atoms with E-state index in [-0.39, 0.29) is 0 Å². The van der Waals surface area contributed by atoms with Gasteiger partial charge in [-0.25, -0.2) is 4.79 Å². The number of pyridine rings is 1. The molecule has 1 heterocycles. The smallest absolute Gasteiger partial charge is 0.374 e. The van der Waals surface area contributed by atoms with E-state index in [9.17, 15) is 9.59 Å². The molecule has 0 aliphatic rings. The summed E-state index contributed by atoms with van der Waals surface area (Å²) < 4.78 is 1.37. The SMILES string of the molecule is Nc1ccc(/C=C/c2cc[n+](C(CC(=O)O)C(=O)O)cc2)cc1. The summed E-state index contributed by atoms with van der Waals surface area (Å²) in [7, 11) is 0. The van der Waals surface area contributed by atoms with Crippen molar-refractivity contribution in [2.45, 2.75) is 12.5 Å². The molecule has 0 amide bonds. The number of aromatic nitrogens is 1. The fraction of sp³-hybridized carbons (Fsp3) is 0.118. The third-order valence-corrected chi connectivity index (χ3v) is 3.30. The van der Waals surface area contributed by atoms with Crippen LogP contribution in [0.5, 0.6) is 0 Å². The number of rotatable bonds is 6. The Labute approximate surface area is 133 Å². The van der Waals surface area contributed by atoms with Crippen molar-refractivity contribution in [1.29, 1.82) is 0 Å². The number of nitrogens with zero attached hydrogens (tertiary/aromatic N) is 1. The second-order valence-corrected chi connectivity index (χ2v) is 5.03. The summed E-state index contributed by atoms with van der Waals surface area (Å²) in [6.07, 6.45) is 6.43. The number of anilines is 1. The minimum atomic E-state index is -1.18. The van der Waals surface area contributed by atoms with Crippen molar-refractivity contribution in [2.24, 2.45) is 0 Å². The monoisotopic (exact) mass is 313 g/mol. The molecule has 1 aromatic heterocycles. The number of hydrogen-bond acceptors (Lipinski definition) is 3. The zero-order chi connectivity index (χ0) is 16.8. The van der Waals surface area contributed by atoms with Gasteiger partial charge in [0.1, 0.15) is 6.42 Å². The lowest BCUT2D eigenvalue weighted by atomic mass is 10.1. The van der Waals surface area contributed by atoms with Gasteiger partial charge >= 0.3 is 11.9 Å². The molecule has 6 nitrogen and oxygen atoms in total. The van der Waals surface area contributed by atoms with Gasteiger partial charge in [-0.1, -0.05) is 24.3 Å². The Kier molecular flexibility index (Phi) is 5.09.